The Hall–Kier alpha value is -1.22. The number of ether oxygens (including phenoxy) is 2. The molecule has 0 aliphatic carbocycles. The van der Waals surface area contributed by atoms with E-state index in [0.717, 1.165) is 5.56 Å². The third-order valence-electron chi connectivity index (χ3n) is 2.12. The summed E-state index contributed by atoms with van der Waals surface area (Å²) in [7, 11) is 0. The molecule has 94 valence electrons. The first kappa shape index (κ1) is 13.8. The Morgan fingerprint density at radius 1 is 1.29 bits per heavy atom. The first-order valence-corrected chi connectivity index (χ1v) is 5.91. The van der Waals surface area contributed by atoms with E-state index >= 15 is 0 Å². The molecule has 0 radical (unpaired) electrons. The molecule has 0 saturated carbocycles. The summed E-state index contributed by atoms with van der Waals surface area (Å²) in [6.45, 7) is 7.15. The molecule has 1 atom stereocenters. The van der Waals surface area contributed by atoms with Crippen LogP contribution >= 0.6 is 11.6 Å². The third kappa shape index (κ3) is 4.27. The summed E-state index contributed by atoms with van der Waals surface area (Å²) in [5, 5.41) is 0.646. The van der Waals surface area contributed by atoms with E-state index in [1.165, 1.54) is 0 Å². The van der Waals surface area contributed by atoms with Crippen LogP contribution in [0.2, 0.25) is 5.02 Å². The van der Waals surface area contributed by atoms with Crippen molar-refractivity contribution >= 4 is 17.6 Å². The van der Waals surface area contributed by atoms with Crippen LogP contribution in [0.3, 0.4) is 0 Å². The van der Waals surface area contributed by atoms with E-state index in [2.05, 4.69) is 0 Å². The summed E-state index contributed by atoms with van der Waals surface area (Å²) in [5.74, 6) is 0.275. The monoisotopic (exact) mass is 256 g/mol. The molecule has 1 aromatic carbocycles. The average Bonchev–Trinajstić information content (AvgIpc) is 2.21. The zero-order valence-electron chi connectivity index (χ0n) is 10.5. The van der Waals surface area contributed by atoms with E-state index in [4.69, 9.17) is 21.1 Å². The molecule has 0 heterocycles. The molecule has 3 nitrogen and oxygen atoms in total. The van der Waals surface area contributed by atoms with E-state index in [-0.39, 0.29) is 12.1 Å². The van der Waals surface area contributed by atoms with Gasteiger partial charge in [0.25, 0.3) is 0 Å². The van der Waals surface area contributed by atoms with Crippen LogP contribution in [0, 0.1) is 6.92 Å². The minimum atomic E-state index is -0.628. The van der Waals surface area contributed by atoms with Gasteiger partial charge in [-0.2, -0.15) is 0 Å². The van der Waals surface area contributed by atoms with E-state index in [9.17, 15) is 4.79 Å². The van der Waals surface area contributed by atoms with Gasteiger partial charge in [0.15, 0.2) is 6.10 Å². The predicted molar refractivity (Wildman–Crippen MR) is 67.5 cm³/mol. The number of rotatable bonds is 4. The largest absolute Gasteiger partial charge is 0.479 e. The van der Waals surface area contributed by atoms with Crippen LogP contribution in [0.1, 0.15) is 26.3 Å². The molecule has 0 aliphatic rings. The van der Waals surface area contributed by atoms with Gasteiger partial charge in [0, 0.05) is 5.02 Å². The number of hydrogen-bond donors (Lipinski definition) is 0. The molecular formula is C13H17ClO3. The molecule has 1 aromatic rings. The smallest absolute Gasteiger partial charge is 0.347 e. The van der Waals surface area contributed by atoms with Gasteiger partial charge in [0.05, 0.1) is 6.10 Å². The van der Waals surface area contributed by atoms with Gasteiger partial charge < -0.3 is 9.47 Å². The number of aryl methyl sites for hydroxylation is 1. The fourth-order valence-corrected chi connectivity index (χ4v) is 1.54. The SMILES string of the molecule is Cc1cc(Cl)ccc1OC(C)C(=O)OC(C)C. The van der Waals surface area contributed by atoms with Gasteiger partial charge in [-0.1, -0.05) is 11.6 Å². The zero-order chi connectivity index (χ0) is 13.0. The Kier molecular flexibility index (Phi) is 4.82. The summed E-state index contributed by atoms with van der Waals surface area (Å²) in [6, 6.07) is 5.26. The molecule has 0 fully saturated rings. The Balaban J connectivity index is 2.67. The molecule has 17 heavy (non-hydrogen) atoms. The number of esters is 1. The van der Waals surface area contributed by atoms with Crippen molar-refractivity contribution in [2.24, 2.45) is 0 Å². The molecule has 4 heteroatoms. The van der Waals surface area contributed by atoms with Gasteiger partial charge in [-0.15, -0.1) is 0 Å². The van der Waals surface area contributed by atoms with Crippen LogP contribution in [0.15, 0.2) is 18.2 Å². The van der Waals surface area contributed by atoms with Crippen LogP contribution in [-0.4, -0.2) is 18.2 Å². The lowest BCUT2D eigenvalue weighted by molar-refractivity contribution is -0.154. The highest BCUT2D eigenvalue weighted by molar-refractivity contribution is 6.30. The topological polar surface area (TPSA) is 35.5 Å². The molecule has 0 N–H and O–H groups in total. The second kappa shape index (κ2) is 5.92. The Morgan fingerprint density at radius 3 is 2.47 bits per heavy atom. The highest BCUT2D eigenvalue weighted by Crippen LogP contribution is 2.23. The van der Waals surface area contributed by atoms with Crippen molar-refractivity contribution in [1.29, 1.82) is 0 Å². The molecule has 1 unspecified atom stereocenters. The van der Waals surface area contributed by atoms with Gasteiger partial charge in [-0.05, 0) is 51.5 Å². The van der Waals surface area contributed by atoms with Crippen molar-refractivity contribution in [2.45, 2.75) is 39.9 Å². The second-order valence-corrected chi connectivity index (χ2v) is 4.59. The van der Waals surface area contributed by atoms with Gasteiger partial charge in [-0.3, -0.25) is 0 Å². The van der Waals surface area contributed by atoms with E-state index in [1.54, 1.807) is 39.0 Å². The maximum atomic E-state index is 11.6. The summed E-state index contributed by atoms with van der Waals surface area (Å²) >= 11 is 5.84. The Labute approximate surface area is 107 Å². The molecule has 1 rings (SSSR count). The average molecular weight is 257 g/mol. The molecule has 0 aliphatic heterocycles. The van der Waals surface area contributed by atoms with Crippen LogP contribution in [0.25, 0.3) is 0 Å². The van der Waals surface area contributed by atoms with Crippen LogP contribution < -0.4 is 4.74 Å². The first-order valence-electron chi connectivity index (χ1n) is 5.53. The quantitative estimate of drug-likeness (QED) is 0.775. The molecule has 0 aromatic heterocycles. The van der Waals surface area contributed by atoms with Crippen molar-refractivity contribution in [3.63, 3.8) is 0 Å². The second-order valence-electron chi connectivity index (χ2n) is 4.16. The molecule has 0 spiro atoms. The standard InChI is InChI=1S/C13H17ClO3/c1-8(2)16-13(15)10(4)17-12-6-5-11(14)7-9(12)3/h5-8,10H,1-4H3. The van der Waals surface area contributed by atoms with Crippen LogP contribution in [-0.2, 0) is 9.53 Å². The van der Waals surface area contributed by atoms with E-state index in [1.807, 2.05) is 6.92 Å². The lowest BCUT2D eigenvalue weighted by Crippen LogP contribution is -2.28. The molecule has 0 amide bonds. The number of hydrogen-bond acceptors (Lipinski definition) is 3. The van der Waals surface area contributed by atoms with Crippen molar-refractivity contribution < 1.29 is 14.3 Å². The van der Waals surface area contributed by atoms with Crippen LogP contribution in [0.4, 0.5) is 0 Å². The first-order chi connectivity index (χ1) is 7.90. The highest BCUT2D eigenvalue weighted by atomic mass is 35.5. The van der Waals surface area contributed by atoms with Crippen molar-refractivity contribution in [3.8, 4) is 5.75 Å². The van der Waals surface area contributed by atoms with E-state index in [0.29, 0.717) is 10.8 Å². The van der Waals surface area contributed by atoms with Crippen LogP contribution in [0.5, 0.6) is 5.75 Å². The zero-order valence-corrected chi connectivity index (χ0v) is 11.2. The molecule has 0 saturated heterocycles. The lowest BCUT2D eigenvalue weighted by atomic mass is 10.2. The lowest BCUT2D eigenvalue weighted by Gasteiger charge is -2.17. The predicted octanol–water partition coefficient (Wildman–Crippen LogP) is 3.37. The Bertz CT molecular complexity index is 402. The van der Waals surface area contributed by atoms with Crippen molar-refractivity contribution in [2.75, 3.05) is 0 Å². The minimum absolute atomic E-state index is 0.139. The normalized spacial score (nSPS) is 12.4. The number of halogens is 1. The fourth-order valence-electron chi connectivity index (χ4n) is 1.31. The Morgan fingerprint density at radius 2 is 1.94 bits per heavy atom. The fraction of sp³-hybridized carbons (Fsp3) is 0.462. The number of carbonyl (C=O) groups is 1. The summed E-state index contributed by atoms with van der Waals surface area (Å²) in [5.41, 5.74) is 0.890. The van der Waals surface area contributed by atoms with Gasteiger partial charge in [-0.25, -0.2) is 4.79 Å². The maximum absolute atomic E-state index is 11.6. The number of benzene rings is 1. The van der Waals surface area contributed by atoms with Gasteiger partial charge in [0.1, 0.15) is 5.75 Å². The third-order valence-corrected chi connectivity index (χ3v) is 2.36. The van der Waals surface area contributed by atoms with E-state index < -0.39 is 6.10 Å². The van der Waals surface area contributed by atoms with Gasteiger partial charge in [0.2, 0.25) is 0 Å². The molecule has 0 bridgehead atoms. The van der Waals surface area contributed by atoms with Crippen molar-refractivity contribution in [1.82, 2.24) is 0 Å². The summed E-state index contributed by atoms with van der Waals surface area (Å²) < 4.78 is 10.6. The number of carbonyl (C=O) groups excluding carboxylic acids is 1. The van der Waals surface area contributed by atoms with Crippen molar-refractivity contribution in [3.05, 3.63) is 28.8 Å². The maximum Gasteiger partial charge on any atom is 0.347 e. The summed E-state index contributed by atoms with van der Waals surface area (Å²) in [4.78, 5) is 11.6. The summed E-state index contributed by atoms with van der Waals surface area (Å²) in [6.07, 6.45) is -0.767. The molecular weight excluding hydrogens is 240 g/mol. The van der Waals surface area contributed by atoms with Gasteiger partial charge >= 0.3 is 5.97 Å². The highest BCUT2D eigenvalue weighted by Gasteiger charge is 2.18. The minimum Gasteiger partial charge on any atom is -0.479 e.